The van der Waals surface area contributed by atoms with Crippen molar-refractivity contribution in [2.75, 3.05) is 20.2 Å². The summed E-state index contributed by atoms with van der Waals surface area (Å²) < 4.78 is 5.26. The number of piperidine rings is 1. The third kappa shape index (κ3) is 4.61. The number of amides is 3. The molecule has 0 radical (unpaired) electrons. The van der Waals surface area contributed by atoms with Crippen LogP contribution in [0.25, 0.3) is 6.08 Å². The molecule has 0 aliphatic carbocycles. The van der Waals surface area contributed by atoms with Gasteiger partial charge in [-0.3, -0.25) is 19.3 Å². The van der Waals surface area contributed by atoms with E-state index in [0.29, 0.717) is 24.3 Å². The lowest BCUT2D eigenvalue weighted by Gasteiger charge is -2.33. The van der Waals surface area contributed by atoms with Crippen LogP contribution in [0.1, 0.15) is 31.2 Å². The van der Waals surface area contributed by atoms with Crippen molar-refractivity contribution in [1.29, 1.82) is 0 Å². The SMILES string of the molecule is COc1ccccc1/C=C1\SC(=O)N(CCC(=O)N2CCCC[C@@H]2C(=O)O)C1=O. The molecule has 2 aliphatic rings. The number of hydrogen-bond acceptors (Lipinski definition) is 6. The van der Waals surface area contributed by atoms with Crippen molar-refractivity contribution in [3.05, 3.63) is 34.7 Å². The van der Waals surface area contributed by atoms with E-state index in [-0.39, 0.29) is 23.8 Å². The van der Waals surface area contributed by atoms with Crippen molar-refractivity contribution in [1.82, 2.24) is 9.80 Å². The minimum Gasteiger partial charge on any atom is -0.496 e. The fourth-order valence-corrected chi connectivity index (χ4v) is 4.31. The predicted molar refractivity (Wildman–Crippen MR) is 107 cm³/mol. The Morgan fingerprint density at radius 3 is 2.76 bits per heavy atom. The Bertz CT molecular complexity index is 868. The van der Waals surface area contributed by atoms with Crippen LogP contribution in [0.5, 0.6) is 5.75 Å². The van der Waals surface area contributed by atoms with Gasteiger partial charge in [0.05, 0.1) is 12.0 Å². The Morgan fingerprint density at radius 1 is 1.28 bits per heavy atom. The monoisotopic (exact) mass is 418 g/mol. The Morgan fingerprint density at radius 2 is 2.03 bits per heavy atom. The lowest BCUT2D eigenvalue weighted by Crippen LogP contribution is -2.48. The Kier molecular flexibility index (Phi) is 6.58. The molecule has 8 nitrogen and oxygen atoms in total. The number of methoxy groups -OCH3 is 1. The van der Waals surface area contributed by atoms with Crippen molar-refractivity contribution in [3.8, 4) is 5.75 Å². The van der Waals surface area contributed by atoms with Gasteiger partial charge in [0, 0.05) is 25.1 Å². The number of carboxylic acids is 1. The first-order chi connectivity index (χ1) is 13.9. The summed E-state index contributed by atoms with van der Waals surface area (Å²) in [4.78, 5) is 51.4. The van der Waals surface area contributed by atoms with Crippen LogP contribution in [0.15, 0.2) is 29.2 Å². The van der Waals surface area contributed by atoms with E-state index in [4.69, 9.17) is 4.74 Å². The zero-order valence-electron chi connectivity index (χ0n) is 16.0. The molecule has 2 heterocycles. The summed E-state index contributed by atoms with van der Waals surface area (Å²) in [5, 5.41) is 8.86. The van der Waals surface area contributed by atoms with E-state index in [1.54, 1.807) is 30.3 Å². The summed E-state index contributed by atoms with van der Waals surface area (Å²) in [6.45, 7) is 0.307. The smallest absolute Gasteiger partial charge is 0.326 e. The molecular weight excluding hydrogens is 396 g/mol. The fraction of sp³-hybridized carbons (Fsp3) is 0.400. The first kappa shape index (κ1) is 20.9. The van der Waals surface area contributed by atoms with Crippen LogP contribution in [0.3, 0.4) is 0 Å². The molecule has 3 rings (SSSR count). The molecule has 1 atom stereocenters. The maximum Gasteiger partial charge on any atom is 0.326 e. The average molecular weight is 418 g/mol. The zero-order chi connectivity index (χ0) is 21.0. The van der Waals surface area contributed by atoms with Gasteiger partial charge in [-0.05, 0) is 43.2 Å². The summed E-state index contributed by atoms with van der Waals surface area (Å²) in [6.07, 6.45) is 3.43. The molecule has 3 amide bonds. The molecule has 0 aromatic heterocycles. The van der Waals surface area contributed by atoms with E-state index < -0.39 is 23.2 Å². The molecule has 9 heteroatoms. The van der Waals surface area contributed by atoms with Crippen molar-refractivity contribution >= 4 is 40.9 Å². The Labute approximate surface area is 172 Å². The largest absolute Gasteiger partial charge is 0.496 e. The Hall–Kier alpha value is -2.81. The highest BCUT2D eigenvalue weighted by Crippen LogP contribution is 2.34. The first-order valence-electron chi connectivity index (χ1n) is 9.33. The molecule has 154 valence electrons. The molecule has 2 aliphatic heterocycles. The number of thioether (sulfide) groups is 1. The summed E-state index contributed by atoms with van der Waals surface area (Å²) in [5.74, 6) is -1.26. The van der Waals surface area contributed by atoms with Crippen LogP contribution in [0.4, 0.5) is 4.79 Å². The maximum absolute atomic E-state index is 12.6. The third-order valence-corrected chi connectivity index (χ3v) is 5.86. The number of hydrogen-bond donors (Lipinski definition) is 1. The second-order valence-electron chi connectivity index (χ2n) is 6.76. The second-order valence-corrected chi connectivity index (χ2v) is 7.76. The summed E-state index contributed by atoms with van der Waals surface area (Å²) in [6, 6.07) is 6.30. The number of carbonyl (C=O) groups is 4. The molecule has 2 fully saturated rings. The number of benzene rings is 1. The van der Waals surface area contributed by atoms with Gasteiger partial charge in [-0.15, -0.1) is 0 Å². The number of likely N-dealkylation sites (tertiary alicyclic amines) is 1. The molecule has 1 N–H and O–H groups in total. The summed E-state index contributed by atoms with van der Waals surface area (Å²) in [5.41, 5.74) is 0.675. The van der Waals surface area contributed by atoms with Crippen LogP contribution < -0.4 is 4.74 Å². The lowest BCUT2D eigenvalue weighted by molar-refractivity contribution is -0.152. The highest BCUT2D eigenvalue weighted by atomic mass is 32.2. The van der Waals surface area contributed by atoms with Gasteiger partial charge in [-0.25, -0.2) is 4.79 Å². The second kappa shape index (κ2) is 9.13. The standard InChI is InChI=1S/C20H22N2O6S/c1-28-15-8-3-2-6-13(15)12-16-18(24)22(20(27)29-16)11-9-17(23)21-10-5-4-7-14(21)19(25)26/h2-3,6,8,12,14H,4-5,7,9-11H2,1H3,(H,25,26)/b16-12-/t14-/m1/s1. The highest BCUT2D eigenvalue weighted by Gasteiger charge is 2.37. The number of rotatable bonds is 6. The van der Waals surface area contributed by atoms with Crippen LogP contribution >= 0.6 is 11.8 Å². The normalized spacial score (nSPS) is 21.0. The number of carboxylic acid groups (broad SMARTS) is 1. The van der Waals surface area contributed by atoms with Crippen molar-refractivity contribution in [3.63, 3.8) is 0 Å². The number of nitrogens with zero attached hydrogens (tertiary/aromatic N) is 2. The third-order valence-electron chi connectivity index (χ3n) is 4.96. The van der Waals surface area contributed by atoms with Crippen molar-refractivity contribution < 1.29 is 29.0 Å². The molecule has 1 aromatic rings. The van der Waals surface area contributed by atoms with Gasteiger partial charge in [0.25, 0.3) is 11.1 Å². The van der Waals surface area contributed by atoms with E-state index in [9.17, 15) is 24.3 Å². The molecule has 0 unspecified atom stereocenters. The van der Waals surface area contributed by atoms with Gasteiger partial charge >= 0.3 is 5.97 Å². The molecular formula is C20H22N2O6S. The fourth-order valence-electron chi connectivity index (χ4n) is 3.46. The molecule has 2 saturated heterocycles. The number of carbonyl (C=O) groups excluding carboxylic acids is 3. The van der Waals surface area contributed by atoms with E-state index in [1.807, 2.05) is 0 Å². The Balaban J connectivity index is 1.67. The van der Waals surface area contributed by atoms with Crippen LogP contribution in [0, 0.1) is 0 Å². The number of aliphatic carboxylic acids is 1. The lowest BCUT2D eigenvalue weighted by atomic mass is 10.0. The highest BCUT2D eigenvalue weighted by molar-refractivity contribution is 8.18. The van der Waals surface area contributed by atoms with Crippen molar-refractivity contribution in [2.45, 2.75) is 31.7 Å². The van der Waals surface area contributed by atoms with Gasteiger partial charge < -0.3 is 14.7 Å². The molecule has 0 saturated carbocycles. The van der Waals surface area contributed by atoms with Gasteiger partial charge in [0.15, 0.2) is 0 Å². The summed E-state index contributed by atoms with van der Waals surface area (Å²) in [7, 11) is 1.52. The molecule has 0 bridgehead atoms. The number of imide groups is 1. The molecule has 1 aromatic carbocycles. The van der Waals surface area contributed by atoms with Gasteiger partial charge in [-0.1, -0.05) is 18.2 Å². The van der Waals surface area contributed by atoms with Crippen LogP contribution in [-0.4, -0.2) is 64.2 Å². The van der Waals surface area contributed by atoms with Gasteiger partial charge in [0.1, 0.15) is 11.8 Å². The number of para-hydroxylation sites is 1. The van der Waals surface area contributed by atoms with E-state index in [1.165, 1.54) is 12.0 Å². The minimum atomic E-state index is -1.02. The maximum atomic E-state index is 12.6. The van der Waals surface area contributed by atoms with E-state index in [2.05, 4.69) is 0 Å². The van der Waals surface area contributed by atoms with Gasteiger partial charge in [0.2, 0.25) is 5.91 Å². The van der Waals surface area contributed by atoms with Crippen LogP contribution in [-0.2, 0) is 14.4 Å². The van der Waals surface area contributed by atoms with E-state index in [0.717, 1.165) is 29.5 Å². The average Bonchev–Trinajstić information content (AvgIpc) is 2.99. The van der Waals surface area contributed by atoms with Crippen molar-refractivity contribution in [2.24, 2.45) is 0 Å². The first-order valence-corrected chi connectivity index (χ1v) is 10.1. The molecule has 0 spiro atoms. The zero-order valence-corrected chi connectivity index (χ0v) is 16.8. The van der Waals surface area contributed by atoms with Crippen LogP contribution in [0.2, 0.25) is 0 Å². The summed E-state index contributed by atoms with van der Waals surface area (Å²) >= 11 is 0.812. The number of ether oxygens (including phenoxy) is 1. The topological polar surface area (TPSA) is 104 Å². The predicted octanol–water partition coefficient (Wildman–Crippen LogP) is 2.59. The quantitative estimate of drug-likeness (QED) is 0.708. The van der Waals surface area contributed by atoms with Gasteiger partial charge in [-0.2, -0.15) is 0 Å². The molecule has 29 heavy (non-hydrogen) atoms. The minimum absolute atomic E-state index is 0.0738. The van der Waals surface area contributed by atoms with E-state index >= 15 is 0 Å².